The van der Waals surface area contributed by atoms with Crippen LogP contribution in [0.3, 0.4) is 0 Å². The maximum Gasteiger partial charge on any atom is 0.264 e. The van der Waals surface area contributed by atoms with Gasteiger partial charge in [-0.2, -0.15) is 5.10 Å². The second kappa shape index (κ2) is 6.59. The van der Waals surface area contributed by atoms with Gasteiger partial charge in [-0.3, -0.25) is 0 Å². The first-order chi connectivity index (χ1) is 9.97. The molecule has 1 aromatic heterocycles. The van der Waals surface area contributed by atoms with Crippen molar-refractivity contribution >= 4 is 16.0 Å². The Balaban J connectivity index is 2.10. The molecule has 0 fully saturated rings. The molecule has 2 aromatic rings. The average Bonchev–Trinajstić information content (AvgIpc) is 2.46. The number of hydrogen-bond donors (Lipinski definition) is 2. The highest BCUT2D eigenvalue weighted by molar-refractivity contribution is 7.92. The Morgan fingerprint density at radius 3 is 2.43 bits per heavy atom. The Hall–Kier alpha value is -2.06. The molecule has 0 saturated heterocycles. The van der Waals surface area contributed by atoms with Crippen LogP contribution in [-0.4, -0.2) is 29.6 Å². The van der Waals surface area contributed by atoms with E-state index in [1.165, 1.54) is 12.4 Å². The molecule has 7 nitrogen and oxygen atoms in total. The molecule has 1 heterocycles. The van der Waals surface area contributed by atoms with Crippen LogP contribution < -0.4 is 10.0 Å². The van der Waals surface area contributed by atoms with E-state index in [0.29, 0.717) is 12.6 Å². The van der Waals surface area contributed by atoms with Crippen molar-refractivity contribution in [3.05, 3.63) is 42.2 Å². The van der Waals surface area contributed by atoms with Crippen LogP contribution in [0.2, 0.25) is 0 Å². The molecule has 0 unspecified atom stereocenters. The van der Waals surface area contributed by atoms with Gasteiger partial charge in [0.05, 0.1) is 17.3 Å². The van der Waals surface area contributed by atoms with Gasteiger partial charge in [-0.25, -0.2) is 18.1 Å². The van der Waals surface area contributed by atoms with Gasteiger partial charge in [0.15, 0.2) is 0 Å². The molecule has 0 spiro atoms. The molecule has 8 heteroatoms. The predicted molar refractivity (Wildman–Crippen MR) is 79.1 cm³/mol. The summed E-state index contributed by atoms with van der Waals surface area (Å²) in [6, 6.07) is 7.02. The van der Waals surface area contributed by atoms with Crippen LogP contribution in [0.5, 0.6) is 0 Å². The summed E-state index contributed by atoms with van der Waals surface area (Å²) in [5, 5.41) is 10.4. The smallest absolute Gasteiger partial charge is 0.264 e. The topological polar surface area (TPSA) is 96.9 Å². The molecule has 21 heavy (non-hydrogen) atoms. The Morgan fingerprint density at radius 1 is 1.14 bits per heavy atom. The molecular formula is C13H17N5O2S. The highest BCUT2D eigenvalue weighted by atomic mass is 32.2. The Labute approximate surface area is 123 Å². The predicted octanol–water partition coefficient (Wildman–Crippen LogP) is 1.17. The largest absolute Gasteiger partial charge is 0.310 e. The van der Waals surface area contributed by atoms with Gasteiger partial charge in [0.1, 0.15) is 0 Å². The second-order valence-electron chi connectivity index (χ2n) is 4.75. The number of anilines is 1. The second-order valence-corrected chi connectivity index (χ2v) is 6.43. The molecule has 0 radical (unpaired) electrons. The molecule has 0 saturated carbocycles. The molecule has 0 amide bonds. The summed E-state index contributed by atoms with van der Waals surface area (Å²) in [7, 11) is -3.70. The third-order valence-corrected chi connectivity index (χ3v) is 4.00. The van der Waals surface area contributed by atoms with Crippen molar-refractivity contribution in [2.75, 3.05) is 4.72 Å². The maximum atomic E-state index is 12.1. The van der Waals surface area contributed by atoms with Crippen molar-refractivity contribution < 1.29 is 8.42 Å². The van der Waals surface area contributed by atoms with Crippen LogP contribution in [-0.2, 0) is 16.6 Å². The fraction of sp³-hybridized carbons (Fsp3) is 0.308. The monoisotopic (exact) mass is 307 g/mol. The van der Waals surface area contributed by atoms with E-state index in [0.717, 1.165) is 5.56 Å². The lowest BCUT2D eigenvalue weighted by Gasteiger charge is -2.09. The summed E-state index contributed by atoms with van der Waals surface area (Å²) >= 11 is 0. The van der Waals surface area contributed by atoms with E-state index in [1.54, 1.807) is 24.3 Å². The first-order valence-corrected chi connectivity index (χ1v) is 7.94. The first kappa shape index (κ1) is 15.3. The van der Waals surface area contributed by atoms with Gasteiger partial charge in [-0.05, 0) is 17.7 Å². The van der Waals surface area contributed by atoms with Crippen molar-refractivity contribution in [1.29, 1.82) is 0 Å². The molecule has 0 aliphatic rings. The molecular weight excluding hydrogens is 290 g/mol. The van der Waals surface area contributed by atoms with Crippen LogP contribution in [0.25, 0.3) is 0 Å². The van der Waals surface area contributed by atoms with E-state index in [-0.39, 0.29) is 10.8 Å². The van der Waals surface area contributed by atoms with Gasteiger partial charge >= 0.3 is 0 Å². The summed E-state index contributed by atoms with van der Waals surface area (Å²) in [5.41, 5.74) is 1.01. The summed E-state index contributed by atoms with van der Waals surface area (Å²) in [6.07, 6.45) is 2.74. The lowest BCUT2D eigenvalue weighted by atomic mass is 10.2. The Kier molecular flexibility index (Phi) is 4.81. The molecule has 0 aliphatic carbocycles. The molecule has 0 bridgehead atoms. The zero-order valence-corrected chi connectivity index (χ0v) is 12.6. The highest BCUT2D eigenvalue weighted by Crippen LogP contribution is 2.13. The van der Waals surface area contributed by atoms with E-state index in [1.807, 2.05) is 0 Å². The highest BCUT2D eigenvalue weighted by Gasteiger charge is 2.15. The average molecular weight is 307 g/mol. The summed E-state index contributed by atoms with van der Waals surface area (Å²) < 4.78 is 26.6. The van der Waals surface area contributed by atoms with Gasteiger partial charge in [-0.15, -0.1) is 5.10 Å². The zero-order valence-electron chi connectivity index (χ0n) is 11.8. The number of nitrogens with zero attached hydrogens (tertiary/aromatic N) is 3. The number of benzene rings is 1. The van der Waals surface area contributed by atoms with Gasteiger partial charge in [-0.1, -0.05) is 26.0 Å². The van der Waals surface area contributed by atoms with Gasteiger partial charge in [0, 0.05) is 12.6 Å². The Morgan fingerprint density at radius 2 is 1.86 bits per heavy atom. The van der Waals surface area contributed by atoms with Crippen molar-refractivity contribution in [3.63, 3.8) is 0 Å². The molecule has 0 atom stereocenters. The van der Waals surface area contributed by atoms with Crippen molar-refractivity contribution in [3.8, 4) is 0 Å². The van der Waals surface area contributed by atoms with Gasteiger partial charge < -0.3 is 5.32 Å². The van der Waals surface area contributed by atoms with Crippen molar-refractivity contribution in [2.24, 2.45) is 0 Å². The van der Waals surface area contributed by atoms with Gasteiger partial charge in [0.25, 0.3) is 16.0 Å². The molecule has 2 rings (SSSR count). The lowest BCUT2D eigenvalue weighted by Crippen LogP contribution is -2.21. The van der Waals surface area contributed by atoms with Crippen LogP contribution in [0, 0.1) is 0 Å². The number of sulfonamides is 1. The van der Waals surface area contributed by atoms with Crippen LogP contribution in [0.4, 0.5) is 5.95 Å². The molecule has 2 N–H and O–H groups in total. The molecule has 0 aliphatic heterocycles. The van der Waals surface area contributed by atoms with E-state index < -0.39 is 10.0 Å². The van der Waals surface area contributed by atoms with E-state index in [4.69, 9.17) is 0 Å². The van der Waals surface area contributed by atoms with Crippen LogP contribution >= 0.6 is 0 Å². The lowest BCUT2D eigenvalue weighted by molar-refractivity contribution is 0.588. The number of nitrogens with one attached hydrogen (secondary N) is 2. The molecule has 1 aromatic carbocycles. The van der Waals surface area contributed by atoms with Crippen LogP contribution in [0.15, 0.2) is 41.6 Å². The van der Waals surface area contributed by atoms with Gasteiger partial charge in [0.2, 0.25) is 0 Å². The van der Waals surface area contributed by atoms with Crippen molar-refractivity contribution in [2.45, 2.75) is 31.3 Å². The standard InChI is InChI=1S/C13H17N5O2S/c1-10(2)15-9-11-3-5-12(6-4-11)21(19,20)18-13-14-7-8-16-17-13/h3-8,10,15H,9H2,1-2H3,(H,14,17,18). The third kappa shape index (κ3) is 4.47. The van der Waals surface area contributed by atoms with Crippen LogP contribution in [0.1, 0.15) is 19.4 Å². The minimum Gasteiger partial charge on any atom is -0.310 e. The number of rotatable bonds is 6. The normalized spacial score (nSPS) is 11.6. The minimum absolute atomic E-state index is 0.0527. The fourth-order valence-electron chi connectivity index (χ4n) is 1.58. The van der Waals surface area contributed by atoms with E-state index in [2.05, 4.69) is 39.1 Å². The summed E-state index contributed by atoms with van der Waals surface area (Å²) in [5.74, 6) is -0.0527. The summed E-state index contributed by atoms with van der Waals surface area (Å²) in [6.45, 7) is 4.80. The first-order valence-electron chi connectivity index (χ1n) is 6.46. The molecule has 112 valence electrons. The summed E-state index contributed by atoms with van der Waals surface area (Å²) in [4.78, 5) is 3.94. The minimum atomic E-state index is -3.70. The number of aromatic nitrogens is 3. The number of hydrogen-bond acceptors (Lipinski definition) is 6. The quantitative estimate of drug-likeness (QED) is 0.831. The fourth-order valence-corrected chi connectivity index (χ4v) is 2.53. The SMILES string of the molecule is CC(C)NCc1ccc(S(=O)(=O)Nc2nccnn2)cc1. The van der Waals surface area contributed by atoms with Crippen molar-refractivity contribution in [1.82, 2.24) is 20.5 Å². The maximum absolute atomic E-state index is 12.1. The third-order valence-electron chi connectivity index (χ3n) is 2.66. The zero-order chi connectivity index (χ0) is 15.3. The van der Waals surface area contributed by atoms with E-state index in [9.17, 15) is 8.42 Å². The van der Waals surface area contributed by atoms with E-state index >= 15 is 0 Å². The Bertz CT molecular complexity index is 671.